The molecule has 0 bridgehead atoms. The van der Waals surface area contributed by atoms with Gasteiger partial charge in [-0.05, 0) is 49.8 Å². The number of fused-ring (bicyclic) bond motifs is 1. The number of ether oxygens (including phenoxy) is 2. The molecule has 0 saturated heterocycles. The van der Waals surface area contributed by atoms with Crippen molar-refractivity contribution in [2.45, 2.75) is 45.4 Å². The summed E-state index contributed by atoms with van der Waals surface area (Å²) in [6.07, 6.45) is 5.88. The standard InChI is InChI=1S/C21H25NO4S/c1-3-13-26-21(24)18-15-10-5-4-6-12-17(15)27-20(18)22-19(23)14-9-7-8-11-16(14)25-2/h7-9,11H,3-6,10,12-13H2,1-2H3,(H,22,23). The van der Waals surface area contributed by atoms with E-state index in [1.54, 1.807) is 18.2 Å². The third kappa shape index (κ3) is 4.33. The van der Waals surface area contributed by atoms with E-state index >= 15 is 0 Å². The highest BCUT2D eigenvalue weighted by Gasteiger charge is 2.27. The van der Waals surface area contributed by atoms with Crippen LogP contribution in [0.5, 0.6) is 5.75 Å². The van der Waals surface area contributed by atoms with Crippen molar-refractivity contribution in [2.75, 3.05) is 19.0 Å². The number of para-hydroxylation sites is 1. The summed E-state index contributed by atoms with van der Waals surface area (Å²) in [4.78, 5) is 26.7. The van der Waals surface area contributed by atoms with Gasteiger partial charge in [0.15, 0.2) is 0 Å². The van der Waals surface area contributed by atoms with E-state index in [-0.39, 0.29) is 11.9 Å². The molecule has 3 rings (SSSR count). The first kappa shape index (κ1) is 19.4. The van der Waals surface area contributed by atoms with Crippen LogP contribution in [0.15, 0.2) is 24.3 Å². The monoisotopic (exact) mass is 387 g/mol. The number of thiophene rings is 1. The number of benzene rings is 1. The van der Waals surface area contributed by atoms with Crippen molar-refractivity contribution >= 4 is 28.2 Å². The number of anilines is 1. The zero-order valence-corrected chi connectivity index (χ0v) is 16.6. The summed E-state index contributed by atoms with van der Waals surface area (Å²) < 4.78 is 10.7. The van der Waals surface area contributed by atoms with Gasteiger partial charge in [-0.2, -0.15) is 0 Å². The first-order valence-electron chi connectivity index (χ1n) is 9.41. The van der Waals surface area contributed by atoms with Crippen LogP contribution in [0.25, 0.3) is 0 Å². The Bertz CT molecular complexity index is 828. The SMILES string of the molecule is CCCOC(=O)c1c(NC(=O)c2ccccc2OC)sc2c1CCCCC2. The Balaban J connectivity index is 1.94. The van der Waals surface area contributed by atoms with Gasteiger partial charge in [0, 0.05) is 4.88 Å². The maximum Gasteiger partial charge on any atom is 0.341 e. The number of aryl methyl sites for hydroxylation is 1. The molecule has 1 aromatic carbocycles. The highest BCUT2D eigenvalue weighted by molar-refractivity contribution is 7.17. The Morgan fingerprint density at radius 3 is 2.70 bits per heavy atom. The van der Waals surface area contributed by atoms with Crippen molar-refractivity contribution < 1.29 is 19.1 Å². The molecule has 1 heterocycles. The van der Waals surface area contributed by atoms with Crippen molar-refractivity contribution in [2.24, 2.45) is 0 Å². The van der Waals surface area contributed by atoms with Crippen molar-refractivity contribution in [3.05, 3.63) is 45.8 Å². The molecule has 1 aromatic heterocycles. The van der Waals surface area contributed by atoms with E-state index in [1.165, 1.54) is 23.3 Å². The second-order valence-electron chi connectivity index (χ2n) is 6.56. The van der Waals surface area contributed by atoms with E-state index in [1.807, 2.05) is 13.0 Å². The maximum absolute atomic E-state index is 12.8. The predicted molar refractivity (Wildman–Crippen MR) is 107 cm³/mol. The maximum atomic E-state index is 12.8. The van der Waals surface area contributed by atoms with Crippen LogP contribution in [0.1, 0.15) is 63.8 Å². The first-order valence-corrected chi connectivity index (χ1v) is 10.2. The Kier molecular flexibility index (Phi) is 6.50. The number of nitrogens with one attached hydrogen (secondary N) is 1. The molecule has 1 amide bonds. The minimum atomic E-state index is -0.341. The fourth-order valence-corrected chi connectivity index (χ4v) is 4.59. The molecule has 5 nitrogen and oxygen atoms in total. The van der Waals surface area contributed by atoms with E-state index in [9.17, 15) is 9.59 Å². The predicted octanol–water partition coefficient (Wildman–Crippen LogP) is 4.84. The molecule has 144 valence electrons. The van der Waals surface area contributed by atoms with Gasteiger partial charge in [0.05, 0.1) is 24.8 Å². The molecule has 1 N–H and O–H groups in total. The molecule has 0 unspecified atom stereocenters. The molecule has 0 spiro atoms. The number of amides is 1. The summed E-state index contributed by atoms with van der Waals surface area (Å²) in [5.74, 6) is -0.122. The smallest absolute Gasteiger partial charge is 0.341 e. The molecule has 6 heteroatoms. The van der Waals surface area contributed by atoms with Crippen LogP contribution >= 0.6 is 11.3 Å². The summed E-state index contributed by atoms with van der Waals surface area (Å²) in [5.41, 5.74) is 2.03. The average Bonchev–Trinajstić information content (AvgIpc) is 2.86. The van der Waals surface area contributed by atoms with Gasteiger partial charge >= 0.3 is 5.97 Å². The molecule has 1 aliphatic rings. The third-order valence-corrected chi connectivity index (χ3v) is 5.85. The number of hydrogen-bond donors (Lipinski definition) is 1. The zero-order chi connectivity index (χ0) is 19.2. The lowest BCUT2D eigenvalue weighted by atomic mass is 10.1. The molecule has 0 atom stereocenters. The second-order valence-corrected chi connectivity index (χ2v) is 7.66. The molecule has 1 aliphatic carbocycles. The van der Waals surface area contributed by atoms with E-state index in [0.717, 1.165) is 44.1 Å². The molecule has 2 aromatic rings. The van der Waals surface area contributed by atoms with Gasteiger partial charge in [-0.15, -0.1) is 11.3 Å². The van der Waals surface area contributed by atoms with Crippen LogP contribution in [0.2, 0.25) is 0 Å². The average molecular weight is 388 g/mol. The summed E-state index contributed by atoms with van der Waals surface area (Å²) in [5, 5.41) is 3.52. The number of methoxy groups -OCH3 is 1. The largest absolute Gasteiger partial charge is 0.496 e. The Morgan fingerprint density at radius 2 is 1.93 bits per heavy atom. The molecule has 0 saturated carbocycles. The quantitative estimate of drug-likeness (QED) is 0.569. The van der Waals surface area contributed by atoms with Crippen molar-refractivity contribution in [1.82, 2.24) is 0 Å². The number of carbonyl (C=O) groups excluding carboxylic acids is 2. The van der Waals surface area contributed by atoms with Gasteiger partial charge in [0.25, 0.3) is 5.91 Å². The van der Waals surface area contributed by atoms with Gasteiger partial charge in [-0.1, -0.05) is 25.5 Å². The van der Waals surface area contributed by atoms with Gasteiger partial charge in [0.2, 0.25) is 0 Å². The summed E-state index contributed by atoms with van der Waals surface area (Å²) in [6, 6.07) is 7.06. The number of hydrogen-bond acceptors (Lipinski definition) is 5. The van der Waals surface area contributed by atoms with Crippen LogP contribution in [0.3, 0.4) is 0 Å². The molecule has 0 radical (unpaired) electrons. The Hall–Kier alpha value is -2.34. The topological polar surface area (TPSA) is 64.6 Å². The molecule has 27 heavy (non-hydrogen) atoms. The van der Waals surface area contributed by atoms with E-state index in [0.29, 0.717) is 28.5 Å². The summed E-state index contributed by atoms with van der Waals surface area (Å²) >= 11 is 1.50. The highest BCUT2D eigenvalue weighted by atomic mass is 32.1. The Morgan fingerprint density at radius 1 is 1.15 bits per heavy atom. The fourth-order valence-electron chi connectivity index (χ4n) is 3.32. The van der Waals surface area contributed by atoms with Crippen LogP contribution in [-0.4, -0.2) is 25.6 Å². The van der Waals surface area contributed by atoms with Gasteiger partial charge < -0.3 is 14.8 Å². The normalized spacial score (nSPS) is 13.4. The fraction of sp³-hybridized carbons (Fsp3) is 0.429. The number of rotatable bonds is 6. The zero-order valence-electron chi connectivity index (χ0n) is 15.8. The summed E-state index contributed by atoms with van der Waals surface area (Å²) in [7, 11) is 1.53. The molecular formula is C21H25NO4S. The van der Waals surface area contributed by atoms with Crippen molar-refractivity contribution in [1.29, 1.82) is 0 Å². The van der Waals surface area contributed by atoms with Crippen molar-refractivity contribution in [3.8, 4) is 5.75 Å². The molecular weight excluding hydrogens is 362 g/mol. The lowest BCUT2D eigenvalue weighted by molar-refractivity contribution is 0.0505. The minimum Gasteiger partial charge on any atom is -0.496 e. The molecule has 0 aliphatic heterocycles. The first-order chi connectivity index (χ1) is 13.2. The van der Waals surface area contributed by atoms with E-state index in [4.69, 9.17) is 9.47 Å². The van der Waals surface area contributed by atoms with Gasteiger partial charge in [-0.3, -0.25) is 4.79 Å². The Labute approximate surface area is 163 Å². The van der Waals surface area contributed by atoms with Gasteiger partial charge in [-0.25, -0.2) is 4.79 Å². The van der Waals surface area contributed by atoms with Crippen LogP contribution < -0.4 is 10.1 Å². The second kappa shape index (κ2) is 9.04. The van der Waals surface area contributed by atoms with Crippen LogP contribution in [0, 0.1) is 0 Å². The number of carbonyl (C=O) groups is 2. The highest BCUT2D eigenvalue weighted by Crippen LogP contribution is 2.38. The lowest BCUT2D eigenvalue weighted by Crippen LogP contribution is -2.16. The van der Waals surface area contributed by atoms with E-state index < -0.39 is 0 Å². The van der Waals surface area contributed by atoms with Crippen LogP contribution in [-0.2, 0) is 17.6 Å². The van der Waals surface area contributed by atoms with Crippen molar-refractivity contribution in [3.63, 3.8) is 0 Å². The molecule has 0 fully saturated rings. The van der Waals surface area contributed by atoms with Gasteiger partial charge in [0.1, 0.15) is 10.8 Å². The lowest BCUT2D eigenvalue weighted by Gasteiger charge is -2.10. The third-order valence-electron chi connectivity index (χ3n) is 4.64. The van der Waals surface area contributed by atoms with E-state index in [2.05, 4.69) is 5.32 Å². The minimum absolute atomic E-state index is 0.284. The van der Waals surface area contributed by atoms with Crippen LogP contribution in [0.4, 0.5) is 5.00 Å². The summed E-state index contributed by atoms with van der Waals surface area (Å²) in [6.45, 7) is 2.34. The number of esters is 1.